The van der Waals surface area contributed by atoms with Crippen molar-refractivity contribution in [2.75, 3.05) is 13.1 Å². The minimum absolute atomic E-state index is 0.00432. The lowest BCUT2D eigenvalue weighted by molar-refractivity contribution is -0.145. The Morgan fingerprint density at radius 3 is 2.36 bits per heavy atom. The summed E-state index contributed by atoms with van der Waals surface area (Å²) in [6.45, 7) is 5.13. The first kappa shape index (κ1) is 15.8. The third-order valence-electron chi connectivity index (χ3n) is 5.10. The predicted molar refractivity (Wildman–Crippen MR) is 92.2 cm³/mol. The van der Waals surface area contributed by atoms with E-state index in [-0.39, 0.29) is 23.7 Å². The molecule has 0 bridgehead atoms. The Bertz CT molecular complexity index is 872. The first-order valence-electron chi connectivity index (χ1n) is 8.39. The smallest absolute Gasteiger partial charge is 0.246 e. The summed E-state index contributed by atoms with van der Waals surface area (Å²) in [5.41, 5.74) is 7.13. The molecule has 7 nitrogen and oxygen atoms in total. The average molecular weight is 339 g/mol. The maximum atomic E-state index is 12.5. The molecule has 1 aromatic carbocycles. The number of likely N-dealkylation sites (tertiary alicyclic amines) is 1. The molecule has 4 rings (SSSR count). The van der Waals surface area contributed by atoms with E-state index in [4.69, 9.17) is 5.73 Å². The predicted octanol–water partition coefficient (Wildman–Crippen LogP) is 1.10. The molecule has 0 radical (unpaired) electrons. The molecule has 2 aromatic rings. The number of benzene rings is 1. The topological polar surface area (TPSA) is 94.1 Å². The van der Waals surface area contributed by atoms with Crippen LogP contribution in [0, 0.1) is 10.8 Å². The van der Waals surface area contributed by atoms with Crippen molar-refractivity contribution >= 4 is 22.7 Å². The van der Waals surface area contributed by atoms with E-state index in [0.717, 1.165) is 11.0 Å². The number of Topliss-reactive ketones (excluding diaryl/α,β-unsaturated/α-hetero) is 1. The highest BCUT2D eigenvalue weighted by Gasteiger charge is 2.51. The van der Waals surface area contributed by atoms with E-state index in [1.165, 1.54) is 4.80 Å². The van der Waals surface area contributed by atoms with Gasteiger partial charge in [0.2, 0.25) is 5.91 Å². The quantitative estimate of drug-likeness (QED) is 0.884. The van der Waals surface area contributed by atoms with Crippen LogP contribution in [0.4, 0.5) is 0 Å². The lowest BCUT2D eigenvalue weighted by Crippen LogP contribution is -2.61. The van der Waals surface area contributed by atoms with Crippen molar-refractivity contribution in [3.8, 4) is 0 Å². The summed E-state index contributed by atoms with van der Waals surface area (Å²) in [5.74, 6) is -0.0251. The summed E-state index contributed by atoms with van der Waals surface area (Å²) in [7, 11) is 0. The van der Waals surface area contributed by atoms with Gasteiger partial charge in [-0.3, -0.25) is 9.59 Å². The minimum atomic E-state index is -0.477. The Kier molecular flexibility index (Phi) is 3.25. The van der Waals surface area contributed by atoms with Crippen LogP contribution in [-0.2, 0) is 16.1 Å². The zero-order valence-electron chi connectivity index (χ0n) is 14.4. The Hall–Kier alpha value is -2.70. The number of carbonyl (C=O) groups excluding carboxylic acids is 2. The molecule has 1 fully saturated rings. The van der Waals surface area contributed by atoms with Gasteiger partial charge in [0.1, 0.15) is 17.6 Å². The molecule has 0 unspecified atom stereocenters. The molecule has 1 aromatic heterocycles. The molecule has 0 atom stereocenters. The minimum Gasteiger partial charge on any atom is -0.396 e. The van der Waals surface area contributed by atoms with Crippen molar-refractivity contribution < 1.29 is 9.59 Å². The van der Waals surface area contributed by atoms with Crippen molar-refractivity contribution in [2.24, 2.45) is 16.6 Å². The molecule has 1 aliphatic carbocycles. The van der Waals surface area contributed by atoms with Gasteiger partial charge in [-0.15, -0.1) is 0 Å². The lowest BCUT2D eigenvalue weighted by Gasteiger charge is -2.53. The van der Waals surface area contributed by atoms with Crippen LogP contribution in [0.3, 0.4) is 0 Å². The van der Waals surface area contributed by atoms with Crippen LogP contribution in [-0.4, -0.2) is 44.7 Å². The molecule has 1 saturated heterocycles. The fourth-order valence-electron chi connectivity index (χ4n) is 4.09. The second kappa shape index (κ2) is 5.15. The molecule has 25 heavy (non-hydrogen) atoms. The zero-order valence-corrected chi connectivity index (χ0v) is 14.4. The molecule has 2 N–H and O–H groups in total. The number of carbonyl (C=O) groups is 2. The number of rotatable bonds is 2. The number of nitrogens with zero attached hydrogens (tertiary/aromatic N) is 4. The molecule has 2 aliphatic rings. The summed E-state index contributed by atoms with van der Waals surface area (Å²) >= 11 is 0. The van der Waals surface area contributed by atoms with Crippen LogP contribution in [0.1, 0.15) is 20.3 Å². The number of nitrogens with two attached hydrogens (primary N) is 1. The third-order valence-corrected chi connectivity index (χ3v) is 5.10. The Morgan fingerprint density at radius 2 is 1.80 bits per heavy atom. The number of ketones is 1. The SMILES string of the molecule is CC1(C)CC2(C=C(N)C1=O)CN(C(=O)Cn1nc3ccccc3n1)C2. The van der Waals surface area contributed by atoms with Gasteiger partial charge in [-0.25, -0.2) is 0 Å². The Balaban J connectivity index is 1.45. The monoisotopic (exact) mass is 339 g/mol. The van der Waals surface area contributed by atoms with Gasteiger partial charge in [0.05, 0.1) is 5.70 Å². The maximum absolute atomic E-state index is 12.5. The van der Waals surface area contributed by atoms with Crippen molar-refractivity contribution in [1.29, 1.82) is 0 Å². The highest BCUT2D eigenvalue weighted by atomic mass is 16.2. The highest BCUT2D eigenvalue weighted by Crippen LogP contribution is 2.47. The molecule has 2 heterocycles. The van der Waals surface area contributed by atoms with Gasteiger partial charge >= 0.3 is 0 Å². The van der Waals surface area contributed by atoms with Crippen LogP contribution < -0.4 is 5.73 Å². The van der Waals surface area contributed by atoms with Crippen LogP contribution >= 0.6 is 0 Å². The zero-order chi connectivity index (χ0) is 17.8. The van der Waals surface area contributed by atoms with Gasteiger partial charge < -0.3 is 10.6 Å². The van der Waals surface area contributed by atoms with Gasteiger partial charge in [-0.1, -0.05) is 26.0 Å². The standard InChI is InChI=1S/C18H21N5O2/c1-17(2)9-18(7-12(19)16(17)25)10-22(11-18)15(24)8-23-20-13-5-3-4-6-14(13)21-23/h3-7H,8-11,19H2,1-2H3. The summed E-state index contributed by atoms with van der Waals surface area (Å²) < 4.78 is 0. The second-order valence-corrected chi connectivity index (χ2v) is 7.82. The second-order valence-electron chi connectivity index (χ2n) is 7.82. The maximum Gasteiger partial charge on any atom is 0.246 e. The Labute approximate surface area is 145 Å². The first-order chi connectivity index (χ1) is 11.8. The van der Waals surface area contributed by atoms with Crippen LogP contribution in [0.2, 0.25) is 0 Å². The Morgan fingerprint density at radius 1 is 1.20 bits per heavy atom. The van der Waals surface area contributed by atoms with Crippen molar-refractivity contribution in [3.63, 3.8) is 0 Å². The van der Waals surface area contributed by atoms with Gasteiger partial charge in [0, 0.05) is 23.9 Å². The summed E-state index contributed by atoms with van der Waals surface area (Å²) in [6.07, 6.45) is 2.57. The van der Waals surface area contributed by atoms with E-state index in [1.54, 1.807) is 4.90 Å². The lowest BCUT2D eigenvalue weighted by atomic mass is 9.62. The molecular formula is C18H21N5O2. The van der Waals surface area contributed by atoms with Gasteiger partial charge in [0.25, 0.3) is 0 Å². The van der Waals surface area contributed by atoms with E-state index >= 15 is 0 Å². The fourth-order valence-corrected chi connectivity index (χ4v) is 4.09. The average Bonchev–Trinajstić information content (AvgIpc) is 2.91. The summed E-state index contributed by atoms with van der Waals surface area (Å²) in [4.78, 5) is 27.9. The molecule has 1 aliphatic heterocycles. The molecule has 7 heteroatoms. The number of fused-ring (bicyclic) bond motifs is 1. The van der Waals surface area contributed by atoms with E-state index in [2.05, 4.69) is 10.2 Å². The van der Waals surface area contributed by atoms with Crippen LogP contribution in [0.5, 0.6) is 0 Å². The van der Waals surface area contributed by atoms with E-state index in [0.29, 0.717) is 25.2 Å². The number of hydrogen-bond acceptors (Lipinski definition) is 5. The number of aromatic nitrogens is 3. The molecule has 130 valence electrons. The summed E-state index contributed by atoms with van der Waals surface area (Å²) in [6, 6.07) is 7.53. The number of hydrogen-bond donors (Lipinski definition) is 1. The normalized spacial score (nSPS) is 21.3. The van der Waals surface area contributed by atoms with E-state index < -0.39 is 5.41 Å². The summed E-state index contributed by atoms with van der Waals surface area (Å²) in [5, 5.41) is 8.65. The number of amides is 1. The molecule has 0 saturated carbocycles. The van der Waals surface area contributed by atoms with E-state index in [9.17, 15) is 9.59 Å². The first-order valence-corrected chi connectivity index (χ1v) is 8.39. The number of allylic oxidation sites excluding steroid dienone is 1. The highest BCUT2D eigenvalue weighted by molar-refractivity contribution is 5.99. The molecule has 1 amide bonds. The van der Waals surface area contributed by atoms with Crippen molar-refractivity contribution in [2.45, 2.75) is 26.8 Å². The third kappa shape index (κ3) is 2.59. The van der Waals surface area contributed by atoms with Crippen LogP contribution in [0.25, 0.3) is 11.0 Å². The molecular weight excluding hydrogens is 318 g/mol. The van der Waals surface area contributed by atoms with Crippen molar-refractivity contribution in [3.05, 3.63) is 36.0 Å². The van der Waals surface area contributed by atoms with Crippen molar-refractivity contribution in [1.82, 2.24) is 19.9 Å². The largest absolute Gasteiger partial charge is 0.396 e. The van der Waals surface area contributed by atoms with E-state index in [1.807, 2.05) is 44.2 Å². The molecule has 1 spiro atoms. The van der Waals surface area contributed by atoms with Crippen LogP contribution in [0.15, 0.2) is 36.0 Å². The van der Waals surface area contributed by atoms with Gasteiger partial charge in [0.15, 0.2) is 5.78 Å². The fraction of sp³-hybridized carbons (Fsp3) is 0.444. The van der Waals surface area contributed by atoms with Gasteiger partial charge in [-0.2, -0.15) is 15.0 Å². The van der Waals surface area contributed by atoms with Gasteiger partial charge in [-0.05, 0) is 24.6 Å².